The van der Waals surface area contributed by atoms with Crippen LogP contribution in [0.1, 0.15) is 0 Å². The normalized spacial score (nSPS) is 11.5. The molecule has 8 aromatic carbocycles. The zero-order chi connectivity index (χ0) is 31.9. The van der Waals surface area contributed by atoms with Gasteiger partial charge in [-0.1, -0.05) is 127 Å². The summed E-state index contributed by atoms with van der Waals surface area (Å²) in [5.74, 6) is 1.81. The monoisotopic (exact) mass is 613 g/mol. The Bertz CT molecular complexity index is 2400. The molecule has 0 unspecified atom stereocenters. The highest BCUT2D eigenvalue weighted by atomic mass is 16.5. The van der Waals surface area contributed by atoms with Crippen molar-refractivity contribution >= 4 is 27.8 Å². The van der Waals surface area contributed by atoms with E-state index in [0.29, 0.717) is 0 Å². The fraction of sp³-hybridized carbons (Fsp3) is 0. The third-order valence-electron chi connectivity index (χ3n) is 9.24. The molecule has 0 aliphatic carbocycles. The van der Waals surface area contributed by atoms with Crippen molar-refractivity contribution in [2.24, 2.45) is 0 Å². The van der Waals surface area contributed by atoms with E-state index in [0.717, 1.165) is 45.1 Å². The smallest absolute Gasteiger partial charge is 0.135 e. The lowest BCUT2D eigenvalue weighted by molar-refractivity contribution is 0.487. The van der Waals surface area contributed by atoms with Crippen LogP contribution in [0.25, 0.3) is 55.3 Å². The Kier molecular flexibility index (Phi) is 6.84. The van der Waals surface area contributed by atoms with Gasteiger partial charge in [-0.25, -0.2) is 0 Å². The van der Waals surface area contributed by atoms with Gasteiger partial charge in [-0.15, -0.1) is 0 Å². The summed E-state index contributed by atoms with van der Waals surface area (Å²) in [6.07, 6.45) is 0. The summed E-state index contributed by atoms with van der Waals surface area (Å²) in [7, 11) is 0. The molecule has 2 nitrogen and oxygen atoms in total. The topological polar surface area (TPSA) is 12.5 Å². The van der Waals surface area contributed by atoms with Gasteiger partial charge in [0.1, 0.15) is 11.5 Å². The Balaban J connectivity index is 1.10. The predicted octanol–water partition coefficient (Wildman–Crippen LogP) is 13.1. The minimum Gasteiger partial charge on any atom is -0.456 e. The molecule has 48 heavy (non-hydrogen) atoms. The van der Waals surface area contributed by atoms with Crippen LogP contribution in [0.4, 0.5) is 17.1 Å². The highest BCUT2D eigenvalue weighted by Crippen LogP contribution is 2.48. The number of para-hydroxylation sites is 2. The Hall–Kier alpha value is -6.38. The molecule has 2 heteroatoms. The number of hydrogen-bond donors (Lipinski definition) is 0. The van der Waals surface area contributed by atoms with Crippen LogP contribution >= 0.6 is 0 Å². The largest absolute Gasteiger partial charge is 0.456 e. The van der Waals surface area contributed by atoms with Crippen LogP contribution in [0.5, 0.6) is 11.5 Å². The van der Waals surface area contributed by atoms with Crippen molar-refractivity contribution in [1.29, 1.82) is 0 Å². The highest BCUT2D eigenvalue weighted by Gasteiger charge is 2.21. The zero-order valence-corrected chi connectivity index (χ0v) is 26.3. The maximum Gasteiger partial charge on any atom is 0.135 e. The summed E-state index contributed by atoms with van der Waals surface area (Å²) in [5, 5.41) is 2.34. The number of benzene rings is 8. The van der Waals surface area contributed by atoms with E-state index in [4.69, 9.17) is 4.74 Å². The van der Waals surface area contributed by atoms with E-state index in [9.17, 15) is 0 Å². The SMILES string of the molecule is c1ccc(-c2ccc(-c3ccc(N(c4ccccc4)c4cccc(-c5cc6c7c(cccc7c5)Oc5ccccc5-6)c4)cc3)cc2)cc1. The van der Waals surface area contributed by atoms with Gasteiger partial charge in [-0.2, -0.15) is 0 Å². The lowest BCUT2D eigenvalue weighted by Crippen LogP contribution is -2.09. The van der Waals surface area contributed by atoms with Gasteiger partial charge >= 0.3 is 0 Å². The van der Waals surface area contributed by atoms with Gasteiger partial charge in [-0.05, 0) is 105 Å². The van der Waals surface area contributed by atoms with Crippen molar-refractivity contribution in [2.75, 3.05) is 4.90 Å². The second kappa shape index (κ2) is 11.8. The van der Waals surface area contributed by atoms with Gasteiger partial charge in [0.15, 0.2) is 0 Å². The van der Waals surface area contributed by atoms with Gasteiger partial charge in [0.05, 0.1) is 0 Å². The molecular formula is C46H31NO. The van der Waals surface area contributed by atoms with Crippen LogP contribution in [-0.2, 0) is 0 Å². The third-order valence-corrected chi connectivity index (χ3v) is 9.24. The summed E-state index contributed by atoms with van der Waals surface area (Å²) < 4.78 is 6.30. The third kappa shape index (κ3) is 5.01. The van der Waals surface area contributed by atoms with Crippen LogP contribution < -0.4 is 9.64 Å². The summed E-state index contributed by atoms with van der Waals surface area (Å²) in [6.45, 7) is 0. The van der Waals surface area contributed by atoms with E-state index in [1.807, 2.05) is 12.1 Å². The molecule has 0 N–H and O–H groups in total. The first-order valence-corrected chi connectivity index (χ1v) is 16.3. The molecule has 9 rings (SSSR count). The Morgan fingerprint density at radius 2 is 0.854 bits per heavy atom. The van der Waals surface area contributed by atoms with E-state index in [2.05, 4.69) is 181 Å². The van der Waals surface area contributed by atoms with Crippen LogP contribution in [-0.4, -0.2) is 0 Å². The van der Waals surface area contributed by atoms with E-state index < -0.39 is 0 Å². The molecule has 0 spiro atoms. The fourth-order valence-corrected chi connectivity index (χ4v) is 6.89. The molecule has 0 bridgehead atoms. The van der Waals surface area contributed by atoms with Gasteiger partial charge in [0.25, 0.3) is 0 Å². The standard InChI is InChI=1S/C46H31NO/c1-3-11-32(12-4-1)33-21-23-34(24-22-33)35-25-27-40(28-26-35)47(39-15-5-2-6-16-39)41-17-9-13-36(30-41)38-29-37-14-10-20-45-46(37)43(31-38)42-18-7-8-19-44(42)48-45/h1-31H. The average Bonchev–Trinajstić information content (AvgIpc) is 3.16. The van der Waals surface area contributed by atoms with Crippen molar-refractivity contribution < 1.29 is 4.74 Å². The average molecular weight is 614 g/mol. The van der Waals surface area contributed by atoms with E-state index >= 15 is 0 Å². The quantitative estimate of drug-likeness (QED) is 0.185. The first kappa shape index (κ1) is 27.9. The zero-order valence-electron chi connectivity index (χ0n) is 26.3. The minimum absolute atomic E-state index is 0.897. The first-order chi connectivity index (χ1) is 23.8. The molecule has 1 heterocycles. The minimum atomic E-state index is 0.897. The molecule has 0 aromatic heterocycles. The molecule has 0 amide bonds. The summed E-state index contributed by atoms with van der Waals surface area (Å²) in [5.41, 5.74) is 12.8. The molecule has 8 aromatic rings. The number of ether oxygens (including phenoxy) is 1. The van der Waals surface area contributed by atoms with Gasteiger partial charge in [0.2, 0.25) is 0 Å². The maximum atomic E-state index is 6.30. The van der Waals surface area contributed by atoms with Gasteiger partial charge in [0, 0.05) is 28.0 Å². The molecule has 0 fully saturated rings. The van der Waals surface area contributed by atoms with Crippen molar-refractivity contribution in [3.63, 3.8) is 0 Å². The number of anilines is 3. The Morgan fingerprint density at radius 1 is 0.312 bits per heavy atom. The first-order valence-electron chi connectivity index (χ1n) is 16.3. The lowest BCUT2D eigenvalue weighted by atomic mass is 9.90. The summed E-state index contributed by atoms with van der Waals surface area (Å²) in [6, 6.07) is 66.9. The molecule has 0 saturated heterocycles. The van der Waals surface area contributed by atoms with Gasteiger partial charge < -0.3 is 9.64 Å². The molecule has 1 aliphatic heterocycles. The molecule has 0 saturated carbocycles. The molecule has 0 atom stereocenters. The van der Waals surface area contributed by atoms with Crippen LogP contribution in [0, 0.1) is 0 Å². The number of rotatable bonds is 6. The second-order valence-corrected chi connectivity index (χ2v) is 12.2. The van der Waals surface area contributed by atoms with Gasteiger partial charge in [-0.3, -0.25) is 0 Å². The van der Waals surface area contributed by atoms with Crippen LogP contribution in [0.3, 0.4) is 0 Å². The lowest BCUT2D eigenvalue weighted by Gasteiger charge is -2.26. The number of fused-ring (bicyclic) bond motifs is 2. The summed E-state index contributed by atoms with van der Waals surface area (Å²) in [4.78, 5) is 2.33. The van der Waals surface area contributed by atoms with E-state index in [1.165, 1.54) is 38.8 Å². The second-order valence-electron chi connectivity index (χ2n) is 12.2. The molecule has 1 aliphatic rings. The van der Waals surface area contributed by atoms with Crippen molar-refractivity contribution in [2.45, 2.75) is 0 Å². The van der Waals surface area contributed by atoms with Crippen molar-refractivity contribution in [3.05, 3.63) is 188 Å². The van der Waals surface area contributed by atoms with Crippen molar-refractivity contribution in [3.8, 4) is 56.0 Å². The fourth-order valence-electron chi connectivity index (χ4n) is 6.89. The highest BCUT2D eigenvalue weighted by molar-refractivity contribution is 6.06. The maximum absolute atomic E-state index is 6.30. The van der Waals surface area contributed by atoms with E-state index in [1.54, 1.807) is 0 Å². The van der Waals surface area contributed by atoms with Crippen LogP contribution in [0.15, 0.2) is 188 Å². The molecule has 0 radical (unpaired) electrons. The summed E-state index contributed by atoms with van der Waals surface area (Å²) >= 11 is 0. The Labute approximate surface area is 280 Å². The molecule has 226 valence electrons. The number of nitrogens with zero attached hydrogens (tertiary/aromatic N) is 1. The Morgan fingerprint density at radius 3 is 1.60 bits per heavy atom. The number of hydrogen-bond acceptors (Lipinski definition) is 2. The van der Waals surface area contributed by atoms with E-state index in [-0.39, 0.29) is 0 Å². The van der Waals surface area contributed by atoms with Crippen LogP contribution in [0.2, 0.25) is 0 Å². The molecular weight excluding hydrogens is 583 g/mol. The predicted molar refractivity (Wildman–Crippen MR) is 200 cm³/mol. The van der Waals surface area contributed by atoms with Crippen molar-refractivity contribution in [1.82, 2.24) is 0 Å².